The summed E-state index contributed by atoms with van der Waals surface area (Å²) in [5.74, 6) is 0. The van der Waals surface area contributed by atoms with Crippen LogP contribution in [0.4, 0.5) is 0 Å². The van der Waals surface area contributed by atoms with E-state index in [1.165, 1.54) is 18.2 Å². The van der Waals surface area contributed by atoms with Crippen molar-refractivity contribution >= 4 is 10.9 Å². The first-order chi connectivity index (χ1) is 7.43. The van der Waals surface area contributed by atoms with E-state index in [4.69, 9.17) is 0 Å². The molecular formula is C12H15N3. The Morgan fingerprint density at radius 2 is 2.00 bits per heavy atom. The average molecular weight is 201 g/mol. The molecule has 0 radical (unpaired) electrons. The van der Waals surface area contributed by atoms with Gasteiger partial charge in [0.1, 0.15) is 0 Å². The fraction of sp³-hybridized carbons (Fsp3) is 0.417. The van der Waals surface area contributed by atoms with Gasteiger partial charge in [-0.05, 0) is 32.0 Å². The maximum absolute atomic E-state index is 4.63. The SMILES string of the molecule is c1ccc2nn(C3CCNCC3)cc2c1. The molecule has 0 unspecified atom stereocenters. The normalized spacial score (nSPS) is 18.4. The quantitative estimate of drug-likeness (QED) is 0.764. The molecule has 15 heavy (non-hydrogen) atoms. The van der Waals surface area contributed by atoms with E-state index in [0.29, 0.717) is 6.04 Å². The predicted molar refractivity (Wildman–Crippen MR) is 60.9 cm³/mol. The Kier molecular flexibility index (Phi) is 2.18. The van der Waals surface area contributed by atoms with Gasteiger partial charge in [-0.1, -0.05) is 18.2 Å². The van der Waals surface area contributed by atoms with Gasteiger partial charge in [0.2, 0.25) is 0 Å². The number of rotatable bonds is 1. The van der Waals surface area contributed by atoms with Crippen molar-refractivity contribution in [2.24, 2.45) is 0 Å². The number of nitrogens with one attached hydrogen (secondary N) is 1. The third kappa shape index (κ3) is 1.63. The number of piperidine rings is 1. The Morgan fingerprint density at radius 1 is 1.20 bits per heavy atom. The molecule has 0 amide bonds. The smallest absolute Gasteiger partial charge is 0.0923 e. The largest absolute Gasteiger partial charge is 0.317 e. The molecule has 2 aromatic rings. The summed E-state index contributed by atoms with van der Waals surface area (Å²) in [5, 5.41) is 9.25. The Labute approximate surface area is 89.1 Å². The summed E-state index contributed by atoms with van der Waals surface area (Å²) in [6.07, 6.45) is 4.55. The molecule has 1 aromatic carbocycles. The topological polar surface area (TPSA) is 29.9 Å². The van der Waals surface area contributed by atoms with E-state index in [9.17, 15) is 0 Å². The molecule has 0 saturated carbocycles. The summed E-state index contributed by atoms with van der Waals surface area (Å²) in [4.78, 5) is 0. The van der Waals surface area contributed by atoms with E-state index in [1.807, 2.05) is 6.07 Å². The van der Waals surface area contributed by atoms with Crippen molar-refractivity contribution in [1.29, 1.82) is 0 Å². The van der Waals surface area contributed by atoms with Crippen LogP contribution in [0.15, 0.2) is 30.5 Å². The van der Waals surface area contributed by atoms with Crippen LogP contribution in [0.5, 0.6) is 0 Å². The van der Waals surface area contributed by atoms with Gasteiger partial charge in [0.15, 0.2) is 0 Å². The summed E-state index contributed by atoms with van der Waals surface area (Å²) in [6, 6.07) is 8.89. The Bertz CT molecular complexity index is 422. The minimum absolute atomic E-state index is 0.582. The van der Waals surface area contributed by atoms with Crippen LogP contribution in [0.25, 0.3) is 10.9 Å². The van der Waals surface area contributed by atoms with Crippen LogP contribution in [0.1, 0.15) is 18.9 Å². The van der Waals surface area contributed by atoms with Crippen LogP contribution in [0.2, 0.25) is 0 Å². The summed E-state index contributed by atoms with van der Waals surface area (Å²) < 4.78 is 2.14. The van der Waals surface area contributed by atoms with Gasteiger partial charge in [0.05, 0.1) is 11.6 Å². The van der Waals surface area contributed by atoms with E-state index in [0.717, 1.165) is 18.6 Å². The predicted octanol–water partition coefficient (Wildman–Crippen LogP) is 1.96. The highest BCUT2D eigenvalue weighted by Crippen LogP contribution is 2.20. The first-order valence-electron chi connectivity index (χ1n) is 5.58. The lowest BCUT2D eigenvalue weighted by Gasteiger charge is -2.22. The molecule has 3 heteroatoms. The van der Waals surface area contributed by atoms with Gasteiger partial charge in [-0.25, -0.2) is 0 Å². The van der Waals surface area contributed by atoms with Crippen LogP contribution in [0.3, 0.4) is 0 Å². The maximum Gasteiger partial charge on any atom is 0.0923 e. The molecule has 1 N–H and O–H groups in total. The van der Waals surface area contributed by atoms with Gasteiger partial charge in [0, 0.05) is 11.6 Å². The van der Waals surface area contributed by atoms with Gasteiger partial charge in [-0.2, -0.15) is 5.10 Å². The third-order valence-corrected chi connectivity index (χ3v) is 3.11. The molecular weight excluding hydrogens is 186 g/mol. The minimum Gasteiger partial charge on any atom is -0.317 e. The number of nitrogens with zero attached hydrogens (tertiary/aromatic N) is 2. The van der Waals surface area contributed by atoms with Crippen LogP contribution >= 0.6 is 0 Å². The van der Waals surface area contributed by atoms with Crippen molar-refractivity contribution in [3.63, 3.8) is 0 Å². The second kappa shape index (κ2) is 3.66. The zero-order valence-corrected chi connectivity index (χ0v) is 8.69. The molecule has 1 aliphatic rings. The molecule has 78 valence electrons. The summed E-state index contributed by atoms with van der Waals surface area (Å²) in [6.45, 7) is 2.22. The fourth-order valence-corrected chi connectivity index (χ4v) is 2.24. The molecule has 1 fully saturated rings. The van der Waals surface area contributed by atoms with Gasteiger partial charge in [0.25, 0.3) is 0 Å². The number of hydrogen-bond donors (Lipinski definition) is 1. The van der Waals surface area contributed by atoms with Crippen LogP contribution in [0, 0.1) is 0 Å². The van der Waals surface area contributed by atoms with E-state index in [2.05, 4.69) is 39.5 Å². The van der Waals surface area contributed by atoms with Crippen LogP contribution in [-0.4, -0.2) is 22.9 Å². The van der Waals surface area contributed by atoms with Crippen LogP contribution in [-0.2, 0) is 0 Å². The number of aromatic nitrogens is 2. The Balaban J connectivity index is 1.96. The summed E-state index contributed by atoms with van der Waals surface area (Å²) in [5.41, 5.74) is 1.11. The molecule has 0 aliphatic carbocycles. The molecule has 2 heterocycles. The van der Waals surface area contributed by atoms with E-state index in [-0.39, 0.29) is 0 Å². The monoisotopic (exact) mass is 201 g/mol. The lowest BCUT2D eigenvalue weighted by atomic mass is 10.1. The van der Waals surface area contributed by atoms with E-state index >= 15 is 0 Å². The van der Waals surface area contributed by atoms with Crippen molar-refractivity contribution in [3.8, 4) is 0 Å². The average Bonchev–Trinajstić information content (AvgIpc) is 2.74. The van der Waals surface area contributed by atoms with Gasteiger partial charge in [-0.15, -0.1) is 0 Å². The molecule has 3 nitrogen and oxygen atoms in total. The van der Waals surface area contributed by atoms with Crippen LogP contribution < -0.4 is 5.32 Å². The number of hydrogen-bond acceptors (Lipinski definition) is 2. The molecule has 0 spiro atoms. The van der Waals surface area contributed by atoms with Crippen molar-refractivity contribution in [3.05, 3.63) is 30.5 Å². The maximum atomic E-state index is 4.63. The van der Waals surface area contributed by atoms with Crippen molar-refractivity contribution in [2.45, 2.75) is 18.9 Å². The Hall–Kier alpha value is -1.35. The highest BCUT2D eigenvalue weighted by Gasteiger charge is 2.15. The fourth-order valence-electron chi connectivity index (χ4n) is 2.24. The second-order valence-electron chi connectivity index (χ2n) is 4.15. The van der Waals surface area contributed by atoms with Gasteiger partial charge < -0.3 is 5.32 Å². The van der Waals surface area contributed by atoms with Gasteiger partial charge >= 0.3 is 0 Å². The van der Waals surface area contributed by atoms with Crippen molar-refractivity contribution in [1.82, 2.24) is 15.1 Å². The minimum atomic E-state index is 0.582. The molecule has 1 saturated heterocycles. The Morgan fingerprint density at radius 3 is 2.80 bits per heavy atom. The molecule has 1 aliphatic heterocycles. The molecule has 0 atom stereocenters. The first-order valence-corrected chi connectivity index (χ1v) is 5.58. The van der Waals surface area contributed by atoms with E-state index < -0.39 is 0 Å². The summed E-state index contributed by atoms with van der Waals surface area (Å²) >= 11 is 0. The first kappa shape index (κ1) is 8.92. The number of fused-ring (bicyclic) bond motifs is 1. The lowest BCUT2D eigenvalue weighted by molar-refractivity contribution is 0.345. The summed E-state index contributed by atoms with van der Waals surface area (Å²) in [7, 11) is 0. The van der Waals surface area contributed by atoms with Gasteiger partial charge in [-0.3, -0.25) is 4.68 Å². The molecule has 1 aromatic heterocycles. The van der Waals surface area contributed by atoms with Crippen molar-refractivity contribution < 1.29 is 0 Å². The highest BCUT2D eigenvalue weighted by atomic mass is 15.3. The number of benzene rings is 1. The lowest BCUT2D eigenvalue weighted by Crippen LogP contribution is -2.29. The third-order valence-electron chi connectivity index (χ3n) is 3.11. The highest BCUT2D eigenvalue weighted by molar-refractivity contribution is 5.77. The molecule has 0 bridgehead atoms. The second-order valence-corrected chi connectivity index (χ2v) is 4.15. The zero-order valence-electron chi connectivity index (χ0n) is 8.69. The molecule has 3 rings (SSSR count). The van der Waals surface area contributed by atoms with Crippen molar-refractivity contribution in [2.75, 3.05) is 13.1 Å². The van der Waals surface area contributed by atoms with E-state index in [1.54, 1.807) is 0 Å². The zero-order chi connectivity index (χ0) is 10.1. The standard InChI is InChI=1S/C12H15N3/c1-2-4-12-10(3-1)9-15(14-12)11-5-7-13-8-6-11/h1-4,9,11,13H,5-8H2.